The van der Waals surface area contributed by atoms with Gasteiger partial charge < -0.3 is 10.5 Å². The van der Waals surface area contributed by atoms with Gasteiger partial charge in [0.15, 0.2) is 0 Å². The molecule has 0 atom stereocenters. The van der Waals surface area contributed by atoms with Crippen molar-refractivity contribution in [2.24, 2.45) is 5.73 Å². The normalized spacial score (nSPS) is 11.5. The minimum Gasteiger partial charge on any atom is -0.405 e. The second-order valence-corrected chi connectivity index (χ2v) is 3.75. The van der Waals surface area contributed by atoms with Gasteiger partial charge in [-0.15, -0.1) is 13.2 Å². The van der Waals surface area contributed by atoms with Crippen LogP contribution in [-0.4, -0.2) is 6.36 Å². The van der Waals surface area contributed by atoms with Crippen molar-refractivity contribution in [2.45, 2.75) is 12.9 Å². The van der Waals surface area contributed by atoms with Crippen LogP contribution in [0.1, 0.15) is 5.56 Å². The molecule has 0 aromatic heterocycles. The van der Waals surface area contributed by atoms with E-state index < -0.39 is 6.36 Å². The predicted octanol–water partition coefficient (Wildman–Crippen LogP) is 2.65. The molecule has 0 saturated carbocycles. The number of ether oxygens (including phenoxy) is 1. The molecular weight excluding hydrogens is 310 g/mol. The molecule has 0 aliphatic heterocycles. The highest BCUT2D eigenvalue weighted by Crippen LogP contribution is 2.27. The number of alkyl halides is 3. The molecule has 0 aliphatic carbocycles. The Labute approximate surface area is 92.4 Å². The van der Waals surface area contributed by atoms with Crippen LogP contribution in [-0.2, 0) is 6.54 Å². The van der Waals surface area contributed by atoms with E-state index in [1.54, 1.807) is 6.07 Å². The van der Waals surface area contributed by atoms with E-state index in [1.807, 2.05) is 22.6 Å². The number of halogens is 4. The smallest absolute Gasteiger partial charge is 0.405 e. The van der Waals surface area contributed by atoms with E-state index >= 15 is 0 Å². The van der Waals surface area contributed by atoms with Gasteiger partial charge >= 0.3 is 6.36 Å². The summed E-state index contributed by atoms with van der Waals surface area (Å²) in [4.78, 5) is 0. The first kappa shape index (κ1) is 11.6. The van der Waals surface area contributed by atoms with Crippen molar-refractivity contribution in [1.29, 1.82) is 0 Å². The fourth-order valence-corrected chi connectivity index (χ4v) is 1.49. The summed E-state index contributed by atoms with van der Waals surface area (Å²) >= 11 is 1.99. The highest BCUT2D eigenvalue weighted by Gasteiger charge is 2.31. The summed E-state index contributed by atoms with van der Waals surface area (Å²) in [6, 6.07) is 4.35. The first-order valence-electron chi connectivity index (χ1n) is 3.66. The van der Waals surface area contributed by atoms with Crippen LogP contribution >= 0.6 is 22.6 Å². The highest BCUT2D eigenvalue weighted by atomic mass is 127. The van der Waals surface area contributed by atoms with E-state index in [-0.39, 0.29) is 12.3 Å². The number of nitrogens with two attached hydrogens (primary N) is 1. The maximum Gasteiger partial charge on any atom is 0.573 e. The standard InChI is InChI=1S/C8H7F3INO/c9-8(10,11)14-7-2-1-6(12)3-5(7)4-13/h1-3H,4,13H2. The number of benzene rings is 1. The van der Waals surface area contributed by atoms with Crippen LogP contribution in [0.3, 0.4) is 0 Å². The minimum atomic E-state index is -4.67. The van der Waals surface area contributed by atoms with Gasteiger partial charge in [-0.3, -0.25) is 0 Å². The van der Waals surface area contributed by atoms with Crippen molar-refractivity contribution in [1.82, 2.24) is 0 Å². The molecule has 2 N–H and O–H groups in total. The van der Waals surface area contributed by atoms with E-state index in [0.717, 1.165) is 3.57 Å². The number of hydrogen-bond acceptors (Lipinski definition) is 2. The summed E-state index contributed by atoms with van der Waals surface area (Å²) in [6.07, 6.45) is -4.67. The topological polar surface area (TPSA) is 35.2 Å². The van der Waals surface area contributed by atoms with Crippen LogP contribution in [0.5, 0.6) is 5.75 Å². The predicted molar refractivity (Wildman–Crippen MR) is 53.7 cm³/mol. The maximum atomic E-state index is 11.9. The number of rotatable bonds is 2. The molecule has 0 aliphatic rings. The van der Waals surface area contributed by atoms with E-state index in [9.17, 15) is 13.2 Å². The van der Waals surface area contributed by atoms with E-state index in [0.29, 0.717) is 5.56 Å². The molecule has 0 heterocycles. The van der Waals surface area contributed by atoms with E-state index in [1.165, 1.54) is 12.1 Å². The summed E-state index contributed by atoms with van der Waals surface area (Å²) in [5.74, 6) is -0.236. The molecule has 78 valence electrons. The lowest BCUT2D eigenvalue weighted by molar-refractivity contribution is -0.274. The van der Waals surface area contributed by atoms with Crippen molar-refractivity contribution in [3.05, 3.63) is 27.3 Å². The molecule has 0 radical (unpaired) electrons. The summed E-state index contributed by atoms with van der Waals surface area (Å²) in [5.41, 5.74) is 5.63. The molecule has 0 amide bonds. The zero-order chi connectivity index (χ0) is 10.8. The Bertz CT molecular complexity index is 327. The molecule has 0 fully saturated rings. The van der Waals surface area contributed by atoms with Crippen LogP contribution in [0.4, 0.5) is 13.2 Å². The van der Waals surface area contributed by atoms with Crippen LogP contribution in [0, 0.1) is 3.57 Å². The molecule has 0 unspecified atom stereocenters. The summed E-state index contributed by atoms with van der Waals surface area (Å²) < 4.78 is 40.3. The average Bonchev–Trinajstić information content (AvgIpc) is 2.06. The van der Waals surface area contributed by atoms with Crippen LogP contribution in [0.2, 0.25) is 0 Å². The average molecular weight is 317 g/mol. The molecule has 14 heavy (non-hydrogen) atoms. The fourth-order valence-electron chi connectivity index (χ4n) is 0.932. The second-order valence-electron chi connectivity index (χ2n) is 2.50. The number of hydrogen-bond donors (Lipinski definition) is 1. The Morgan fingerprint density at radius 3 is 2.50 bits per heavy atom. The van der Waals surface area contributed by atoms with Gasteiger partial charge in [-0.05, 0) is 40.8 Å². The van der Waals surface area contributed by atoms with Crippen LogP contribution in [0.25, 0.3) is 0 Å². The molecule has 1 aromatic carbocycles. The van der Waals surface area contributed by atoms with Crippen LogP contribution in [0.15, 0.2) is 18.2 Å². The van der Waals surface area contributed by atoms with E-state index in [2.05, 4.69) is 4.74 Å². The van der Waals surface area contributed by atoms with Gasteiger partial charge in [0.2, 0.25) is 0 Å². The highest BCUT2D eigenvalue weighted by molar-refractivity contribution is 14.1. The lowest BCUT2D eigenvalue weighted by Crippen LogP contribution is -2.18. The first-order valence-corrected chi connectivity index (χ1v) is 4.74. The van der Waals surface area contributed by atoms with Gasteiger partial charge in [0, 0.05) is 15.7 Å². The third-order valence-corrected chi connectivity index (χ3v) is 2.14. The maximum absolute atomic E-state index is 11.9. The van der Waals surface area contributed by atoms with E-state index in [4.69, 9.17) is 5.73 Å². The van der Waals surface area contributed by atoms with Gasteiger partial charge in [-0.25, -0.2) is 0 Å². The van der Waals surface area contributed by atoms with Gasteiger partial charge in [0.1, 0.15) is 5.75 Å². The summed E-state index contributed by atoms with van der Waals surface area (Å²) in [7, 11) is 0. The molecular formula is C8H7F3INO. The SMILES string of the molecule is NCc1cc(I)ccc1OC(F)(F)F. The second kappa shape index (κ2) is 4.35. The van der Waals surface area contributed by atoms with Crippen molar-refractivity contribution >= 4 is 22.6 Å². The Morgan fingerprint density at radius 2 is 2.00 bits per heavy atom. The molecule has 0 bridgehead atoms. The largest absolute Gasteiger partial charge is 0.573 e. The van der Waals surface area contributed by atoms with Gasteiger partial charge in [0.05, 0.1) is 0 Å². The molecule has 1 rings (SSSR count). The van der Waals surface area contributed by atoms with Crippen molar-refractivity contribution < 1.29 is 17.9 Å². The third-order valence-electron chi connectivity index (χ3n) is 1.47. The molecule has 0 saturated heterocycles. The molecule has 6 heteroatoms. The zero-order valence-corrected chi connectivity index (χ0v) is 9.09. The molecule has 2 nitrogen and oxygen atoms in total. The lowest BCUT2D eigenvalue weighted by Gasteiger charge is -2.12. The Balaban J connectivity index is 2.97. The lowest BCUT2D eigenvalue weighted by atomic mass is 10.2. The van der Waals surface area contributed by atoms with Gasteiger partial charge in [-0.2, -0.15) is 0 Å². The Hall–Kier alpha value is -0.500. The van der Waals surface area contributed by atoms with Crippen molar-refractivity contribution in [3.8, 4) is 5.75 Å². The minimum absolute atomic E-state index is 0.0161. The summed E-state index contributed by atoms with van der Waals surface area (Å²) in [5, 5.41) is 0. The Kier molecular flexibility index (Phi) is 3.59. The summed E-state index contributed by atoms with van der Waals surface area (Å²) in [6.45, 7) is 0.0161. The zero-order valence-electron chi connectivity index (χ0n) is 6.94. The van der Waals surface area contributed by atoms with Crippen molar-refractivity contribution in [2.75, 3.05) is 0 Å². The van der Waals surface area contributed by atoms with Crippen LogP contribution < -0.4 is 10.5 Å². The van der Waals surface area contributed by atoms with Gasteiger partial charge in [0.25, 0.3) is 0 Å². The molecule has 1 aromatic rings. The quantitative estimate of drug-likeness (QED) is 0.851. The third kappa shape index (κ3) is 3.33. The van der Waals surface area contributed by atoms with Crippen molar-refractivity contribution in [3.63, 3.8) is 0 Å². The molecule has 0 spiro atoms. The Morgan fingerprint density at radius 1 is 1.36 bits per heavy atom. The van der Waals surface area contributed by atoms with Gasteiger partial charge in [-0.1, -0.05) is 0 Å². The monoisotopic (exact) mass is 317 g/mol. The first-order chi connectivity index (χ1) is 6.42. The fraction of sp³-hybridized carbons (Fsp3) is 0.250.